The number of primary amides is 1. The fraction of sp³-hybridized carbons (Fsp3) is 0.235. The highest BCUT2D eigenvalue weighted by molar-refractivity contribution is 5.98. The zero-order chi connectivity index (χ0) is 19.3. The van der Waals surface area contributed by atoms with E-state index in [0.29, 0.717) is 0 Å². The molecular formula is C17H13F4N5O. The summed E-state index contributed by atoms with van der Waals surface area (Å²) >= 11 is 0. The predicted octanol–water partition coefficient (Wildman–Crippen LogP) is 2.92. The zero-order valence-electron chi connectivity index (χ0n) is 13.7. The number of halogens is 4. The number of H-pyrrole nitrogens is 1. The third-order valence-corrected chi connectivity index (χ3v) is 4.54. The first kappa shape index (κ1) is 17.3. The number of hydrogen-bond donors (Lipinski definition) is 2. The molecule has 10 heteroatoms. The van der Waals surface area contributed by atoms with Crippen molar-refractivity contribution in [2.75, 3.05) is 11.4 Å². The summed E-state index contributed by atoms with van der Waals surface area (Å²) in [6.07, 6.45) is 0.527. The molecule has 1 aliphatic heterocycles. The van der Waals surface area contributed by atoms with Crippen molar-refractivity contribution in [1.82, 2.24) is 15.2 Å². The van der Waals surface area contributed by atoms with E-state index in [9.17, 15) is 22.4 Å². The van der Waals surface area contributed by atoms with Crippen LogP contribution in [-0.4, -0.2) is 33.6 Å². The third kappa shape index (κ3) is 2.96. The molecule has 1 aromatic carbocycles. The van der Waals surface area contributed by atoms with Gasteiger partial charge in [-0.2, -0.15) is 5.10 Å². The number of benzene rings is 1. The van der Waals surface area contributed by atoms with E-state index in [1.807, 2.05) is 0 Å². The van der Waals surface area contributed by atoms with E-state index in [2.05, 4.69) is 15.2 Å². The van der Waals surface area contributed by atoms with E-state index in [4.69, 9.17) is 5.73 Å². The van der Waals surface area contributed by atoms with E-state index in [0.717, 1.165) is 18.2 Å². The summed E-state index contributed by atoms with van der Waals surface area (Å²) in [5, 5.41) is 6.88. The van der Waals surface area contributed by atoms with Crippen LogP contribution in [0.25, 0.3) is 11.0 Å². The lowest BCUT2D eigenvalue weighted by Gasteiger charge is -2.24. The van der Waals surface area contributed by atoms with Gasteiger partial charge in [0.05, 0.1) is 23.5 Å². The van der Waals surface area contributed by atoms with Gasteiger partial charge in [-0.1, -0.05) is 0 Å². The van der Waals surface area contributed by atoms with Gasteiger partial charge < -0.3 is 10.6 Å². The van der Waals surface area contributed by atoms with Crippen LogP contribution in [0, 0.1) is 11.6 Å². The van der Waals surface area contributed by atoms with Crippen LogP contribution in [0.4, 0.5) is 23.4 Å². The molecule has 1 atom stereocenters. The number of pyridine rings is 1. The lowest BCUT2D eigenvalue weighted by atomic mass is 10.0. The average Bonchev–Trinajstić information content (AvgIpc) is 3.16. The molecule has 4 rings (SSSR count). The maximum Gasteiger partial charge on any atom is 0.267 e. The highest BCUT2D eigenvalue weighted by atomic mass is 19.3. The van der Waals surface area contributed by atoms with Gasteiger partial charge in [0, 0.05) is 18.2 Å². The molecule has 3 heterocycles. The normalized spacial score (nSPS) is 19.0. The summed E-state index contributed by atoms with van der Waals surface area (Å²) in [7, 11) is 0. The van der Waals surface area contributed by atoms with Gasteiger partial charge in [0.25, 0.3) is 5.92 Å². The van der Waals surface area contributed by atoms with Crippen molar-refractivity contribution in [3.63, 3.8) is 0 Å². The molecule has 1 unspecified atom stereocenters. The molecule has 1 amide bonds. The van der Waals surface area contributed by atoms with Gasteiger partial charge in [0.15, 0.2) is 11.5 Å². The molecule has 0 bridgehead atoms. The molecule has 0 saturated carbocycles. The number of anilines is 1. The van der Waals surface area contributed by atoms with Crippen molar-refractivity contribution in [3.8, 4) is 0 Å². The predicted molar refractivity (Wildman–Crippen MR) is 88.4 cm³/mol. The Morgan fingerprint density at radius 2 is 2.07 bits per heavy atom. The molecule has 0 radical (unpaired) electrons. The Morgan fingerprint density at radius 3 is 2.81 bits per heavy atom. The Hall–Kier alpha value is -3.17. The largest absolute Gasteiger partial charge is 0.366 e. The minimum atomic E-state index is -3.14. The molecule has 3 aromatic rings. The van der Waals surface area contributed by atoms with E-state index in [1.165, 1.54) is 17.2 Å². The first-order valence-electron chi connectivity index (χ1n) is 7.98. The van der Waals surface area contributed by atoms with Crippen LogP contribution in [0.3, 0.4) is 0 Å². The molecule has 1 saturated heterocycles. The van der Waals surface area contributed by atoms with Crippen molar-refractivity contribution in [1.29, 1.82) is 0 Å². The number of hydrogen-bond acceptors (Lipinski definition) is 4. The van der Waals surface area contributed by atoms with E-state index in [1.54, 1.807) is 0 Å². The first-order valence-corrected chi connectivity index (χ1v) is 7.98. The quantitative estimate of drug-likeness (QED) is 0.685. The number of carbonyl (C=O) groups excluding carboxylic acids is 1. The second-order valence-electron chi connectivity index (χ2n) is 6.40. The highest BCUT2D eigenvalue weighted by Crippen LogP contribution is 2.45. The van der Waals surface area contributed by atoms with Gasteiger partial charge >= 0.3 is 0 Å². The number of nitrogens with zero attached hydrogens (tertiary/aromatic N) is 3. The number of aromatic nitrogens is 3. The van der Waals surface area contributed by atoms with Crippen LogP contribution in [0.5, 0.6) is 0 Å². The molecule has 1 aliphatic rings. The van der Waals surface area contributed by atoms with Crippen LogP contribution in [0.1, 0.15) is 28.4 Å². The van der Waals surface area contributed by atoms with E-state index < -0.39 is 42.5 Å². The first-order chi connectivity index (χ1) is 12.7. The van der Waals surface area contributed by atoms with Gasteiger partial charge in [-0.05, 0) is 24.3 Å². The van der Waals surface area contributed by atoms with Crippen LogP contribution in [0.15, 0.2) is 30.5 Å². The number of amides is 1. The van der Waals surface area contributed by atoms with Crippen LogP contribution in [0.2, 0.25) is 0 Å². The number of alkyl halides is 2. The average molecular weight is 379 g/mol. The van der Waals surface area contributed by atoms with Crippen molar-refractivity contribution in [3.05, 3.63) is 53.2 Å². The minimum Gasteiger partial charge on any atom is -0.366 e. The lowest BCUT2D eigenvalue weighted by Crippen LogP contribution is -2.27. The van der Waals surface area contributed by atoms with Gasteiger partial charge in [-0.15, -0.1) is 0 Å². The monoisotopic (exact) mass is 379 g/mol. The summed E-state index contributed by atoms with van der Waals surface area (Å²) in [5.74, 6) is -5.34. The van der Waals surface area contributed by atoms with Crippen LogP contribution >= 0.6 is 0 Å². The fourth-order valence-electron chi connectivity index (χ4n) is 3.33. The summed E-state index contributed by atoms with van der Waals surface area (Å²) in [5.41, 5.74) is 5.38. The Balaban J connectivity index is 1.85. The number of fused-ring (bicyclic) bond motifs is 1. The van der Waals surface area contributed by atoms with Crippen molar-refractivity contribution in [2.24, 2.45) is 5.73 Å². The Morgan fingerprint density at radius 1 is 1.30 bits per heavy atom. The molecule has 27 heavy (non-hydrogen) atoms. The van der Waals surface area contributed by atoms with Gasteiger partial charge in [0.2, 0.25) is 5.91 Å². The number of aromatic amines is 1. The zero-order valence-corrected chi connectivity index (χ0v) is 13.7. The number of nitrogens with one attached hydrogen (secondary N) is 1. The standard InChI is InChI=1S/C17H13F4N5O/c18-9-1-2-12(19)10(4-9)13-5-17(20,21)7-26(13)16-11-3-8(14(22)27)6-23-15(11)24-25-16/h1-4,6,13H,5,7H2,(H2,22,27)(H,23,24,25). The van der Waals surface area contributed by atoms with E-state index >= 15 is 0 Å². The topological polar surface area (TPSA) is 87.9 Å². The summed E-state index contributed by atoms with van der Waals surface area (Å²) in [4.78, 5) is 16.6. The fourth-order valence-corrected chi connectivity index (χ4v) is 3.33. The lowest BCUT2D eigenvalue weighted by molar-refractivity contribution is 0.0222. The van der Waals surface area contributed by atoms with Crippen molar-refractivity contribution >= 4 is 22.8 Å². The summed E-state index contributed by atoms with van der Waals surface area (Å²) in [6, 6.07) is 2.95. The summed E-state index contributed by atoms with van der Waals surface area (Å²) in [6.45, 7) is -0.742. The second-order valence-corrected chi connectivity index (χ2v) is 6.40. The van der Waals surface area contributed by atoms with Crippen molar-refractivity contribution < 1.29 is 22.4 Å². The van der Waals surface area contributed by atoms with Crippen LogP contribution in [-0.2, 0) is 0 Å². The maximum atomic E-state index is 14.2. The highest BCUT2D eigenvalue weighted by Gasteiger charge is 2.47. The number of nitrogens with two attached hydrogens (primary N) is 1. The second kappa shape index (κ2) is 5.93. The molecule has 0 spiro atoms. The summed E-state index contributed by atoms with van der Waals surface area (Å²) < 4.78 is 56.2. The molecule has 3 N–H and O–H groups in total. The Bertz CT molecular complexity index is 1050. The number of carbonyl (C=O) groups is 1. The molecule has 2 aromatic heterocycles. The number of rotatable bonds is 3. The maximum absolute atomic E-state index is 14.2. The molecule has 0 aliphatic carbocycles. The molecular weight excluding hydrogens is 366 g/mol. The van der Waals surface area contributed by atoms with Gasteiger partial charge in [-0.25, -0.2) is 22.5 Å². The van der Waals surface area contributed by atoms with Gasteiger partial charge in [0.1, 0.15) is 11.6 Å². The Kier molecular flexibility index (Phi) is 3.79. The van der Waals surface area contributed by atoms with Crippen molar-refractivity contribution in [2.45, 2.75) is 18.4 Å². The molecule has 6 nitrogen and oxygen atoms in total. The molecule has 140 valence electrons. The minimum absolute atomic E-state index is 0.0615. The molecule has 1 fully saturated rings. The SMILES string of the molecule is NC(=O)c1cnc2[nH]nc(N3CC(F)(F)CC3c3cc(F)ccc3F)c2c1. The van der Waals surface area contributed by atoms with E-state index in [-0.39, 0.29) is 28.0 Å². The Labute approximate surface area is 150 Å². The third-order valence-electron chi connectivity index (χ3n) is 4.54. The van der Waals surface area contributed by atoms with Gasteiger partial charge in [-0.3, -0.25) is 9.89 Å². The smallest absolute Gasteiger partial charge is 0.267 e. The van der Waals surface area contributed by atoms with Crippen LogP contribution < -0.4 is 10.6 Å².